The molecule has 0 spiro atoms. The van der Waals surface area contributed by atoms with Crippen LogP contribution in [0.4, 0.5) is 4.79 Å². The highest BCUT2D eigenvalue weighted by Gasteiger charge is 2.34. The van der Waals surface area contributed by atoms with Gasteiger partial charge < -0.3 is 20.5 Å². The van der Waals surface area contributed by atoms with Crippen molar-refractivity contribution < 1.29 is 24.2 Å². The van der Waals surface area contributed by atoms with Crippen molar-refractivity contribution in [2.45, 2.75) is 57.5 Å². The van der Waals surface area contributed by atoms with E-state index < -0.39 is 18.1 Å². The Morgan fingerprint density at radius 2 is 1.53 bits per heavy atom. The van der Waals surface area contributed by atoms with E-state index in [0.29, 0.717) is 0 Å². The molecule has 0 aromatic heterocycles. The standard InChI is InChI=1S/C27H32N2O5/c1-16(2)23(13-25(30)28-24(14-26(31)32)17-11-12-17)29-27(33)34-15-22-20-9-5-3-7-18(20)19-8-4-6-10-21(19)22/h3-10,16-17,22-24H,11-15H2,1-2H3,(H,28,30)(H,29,33)(H,31,32)/t23-,24?/m1/s1. The summed E-state index contributed by atoms with van der Waals surface area (Å²) in [4.78, 5) is 36.4. The molecular formula is C27H32N2O5. The molecule has 7 heteroatoms. The molecule has 1 unspecified atom stereocenters. The van der Waals surface area contributed by atoms with E-state index in [4.69, 9.17) is 9.84 Å². The third-order valence-corrected chi connectivity index (χ3v) is 6.79. The van der Waals surface area contributed by atoms with Gasteiger partial charge in [0.15, 0.2) is 0 Å². The number of aliphatic carboxylic acids is 1. The lowest BCUT2D eigenvalue weighted by Gasteiger charge is -2.24. The molecule has 1 saturated carbocycles. The second-order valence-electron chi connectivity index (χ2n) is 9.63. The van der Waals surface area contributed by atoms with Crippen LogP contribution in [0.5, 0.6) is 0 Å². The molecule has 2 aromatic carbocycles. The van der Waals surface area contributed by atoms with Crippen molar-refractivity contribution in [1.29, 1.82) is 0 Å². The lowest BCUT2D eigenvalue weighted by molar-refractivity contribution is -0.137. The minimum absolute atomic E-state index is 0.00470. The normalized spacial score (nSPS) is 16.3. The lowest BCUT2D eigenvalue weighted by Crippen LogP contribution is -2.45. The van der Waals surface area contributed by atoms with Gasteiger partial charge in [-0.1, -0.05) is 62.4 Å². The number of benzene rings is 2. The van der Waals surface area contributed by atoms with E-state index >= 15 is 0 Å². The minimum Gasteiger partial charge on any atom is -0.481 e. The van der Waals surface area contributed by atoms with Crippen molar-refractivity contribution in [3.8, 4) is 11.1 Å². The number of carbonyl (C=O) groups excluding carboxylic acids is 2. The number of hydrogen-bond donors (Lipinski definition) is 3. The first-order valence-electron chi connectivity index (χ1n) is 12.0. The van der Waals surface area contributed by atoms with Crippen LogP contribution < -0.4 is 10.6 Å². The predicted molar refractivity (Wildman–Crippen MR) is 128 cm³/mol. The SMILES string of the molecule is CC(C)[C@@H](CC(=O)NC(CC(=O)O)C1CC1)NC(=O)OCC1c2ccccc2-c2ccccc21. The zero-order chi connectivity index (χ0) is 24.2. The monoisotopic (exact) mass is 464 g/mol. The van der Waals surface area contributed by atoms with Gasteiger partial charge in [0, 0.05) is 24.4 Å². The second kappa shape index (κ2) is 10.3. The molecule has 0 bridgehead atoms. The summed E-state index contributed by atoms with van der Waals surface area (Å²) in [5.74, 6) is -0.975. The van der Waals surface area contributed by atoms with Crippen molar-refractivity contribution in [3.63, 3.8) is 0 Å². The maximum atomic E-state index is 12.7. The van der Waals surface area contributed by atoms with E-state index in [1.54, 1.807) is 0 Å². The largest absolute Gasteiger partial charge is 0.481 e. The fourth-order valence-corrected chi connectivity index (χ4v) is 4.73. The molecule has 2 aliphatic carbocycles. The van der Waals surface area contributed by atoms with Crippen molar-refractivity contribution in [3.05, 3.63) is 59.7 Å². The van der Waals surface area contributed by atoms with Crippen molar-refractivity contribution in [2.24, 2.45) is 11.8 Å². The number of alkyl carbamates (subject to hydrolysis) is 1. The molecule has 34 heavy (non-hydrogen) atoms. The van der Waals surface area contributed by atoms with Crippen molar-refractivity contribution in [1.82, 2.24) is 10.6 Å². The summed E-state index contributed by atoms with van der Waals surface area (Å²) in [6.07, 6.45) is 1.30. The third-order valence-electron chi connectivity index (χ3n) is 6.79. The summed E-state index contributed by atoms with van der Waals surface area (Å²) in [6.45, 7) is 4.06. The molecule has 4 rings (SSSR count). The van der Waals surface area contributed by atoms with Gasteiger partial charge in [0.05, 0.1) is 6.42 Å². The van der Waals surface area contributed by atoms with E-state index in [0.717, 1.165) is 35.1 Å². The Balaban J connectivity index is 1.34. The van der Waals surface area contributed by atoms with E-state index in [1.807, 2.05) is 38.1 Å². The van der Waals surface area contributed by atoms with Crippen LogP contribution in [0.25, 0.3) is 11.1 Å². The number of carboxylic acids is 1. The van der Waals surface area contributed by atoms with Gasteiger partial charge >= 0.3 is 12.1 Å². The lowest BCUT2D eigenvalue weighted by atomic mass is 9.98. The first-order chi connectivity index (χ1) is 16.3. The van der Waals surface area contributed by atoms with Gasteiger partial charge in [-0.25, -0.2) is 4.79 Å². The van der Waals surface area contributed by atoms with Crippen LogP contribution in [0.2, 0.25) is 0 Å². The van der Waals surface area contributed by atoms with E-state index in [-0.39, 0.29) is 49.2 Å². The van der Waals surface area contributed by atoms with Gasteiger partial charge in [-0.2, -0.15) is 0 Å². The number of nitrogens with one attached hydrogen (secondary N) is 2. The van der Waals surface area contributed by atoms with Crippen LogP contribution in [0.15, 0.2) is 48.5 Å². The van der Waals surface area contributed by atoms with Crippen molar-refractivity contribution in [2.75, 3.05) is 6.61 Å². The number of hydrogen-bond acceptors (Lipinski definition) is 4. The molecule has 1 fully saturated rings. The summed E-state index contributed by atoms with van der Waals surface area (Å²) < 4.78 is 5.62. The zero-order valence-corrected chi connectivity index (χ0v) is 19.6. The van der Waals surface area contributed by atoms with Crippen LogP contribution in [0.3, 0.4) is 0 Å². The van der Waals surface area contributed by atoms with Gasteiger partial charge in [0.1, 0.15) is 6.61 Å². The topological polar surface area (TPSA) is 105 Å². The van der Waals surface area contributed by atoms with E-state index in [9.17, 15) is 14.4 Å². The van der Waals surface area contributed by atoms with Crippen molar-refractivity contribution >= 4 is 18.0 Å². The van der Waals surface area contributed by atoms with Crippen LogP contribution in [-0.4, -0.2) is 41.8 Å². The molecule has 2 aromatic rings. The molecule has 3 N–H and O–H groups in total. The van der Waals surface area contributed by atoms with Gasteiger partial charge in [0.25, 0.3) is 0 Å². The smallest absolute Gasteiger partial charge is 0.407 e. The molecule has 180 valence electrons. The third kappa shape index (κ3) is 5.58. The van der Waals surface area contributed by atoms with Gasteiger partial charge in [-0.15, -0.1) is 0 Å². The average Bonchev–Trinajstić information content (AvgIpc) is 3.59. The Morgan fingerprint density at radius 3 is 2.06 bits per heavy atom. The second-order valence-corrected chi connectivity index (χ2v) is 9.63. The molecule has 2 atom stereocenters. The fourth-order valence-electron chi connectivity index (χ4n) is 4.73. The first-order valence-corrected chi connectivity index (χ1v) is 12.0. The van der Waals surface area contributed by atoms with Crippen LogP contribution in [0, 0.1) is 11.8 Å². The minimum atomic E-state index is -0.922. The molecular weight excluding hydrogens is 432 g/mol. The molecule has 0 aliphatic heterocycles. The average molecular weight is 465 g/mol. The highest BCUT2D eigenvalue weighted by atomic mass is 16.5. The molecule has 0 heterocycles. The zero-order valence-electron chi connectivity index (χ0n) is 19.6. The van der Waals surface area contributed by atoms with Crippen LogP contribution in [-0.2, 0) is 14.3 Å². The Hall–Kier alpha value is -3.35. The Kier molecular flexibility index (Phi) is 7.20. The molecule has 0 saturated heterocycles. The fraction of sp³-hybridized carbons (Fsp3) is 0.444. The summed E-state index contributed by atoms with van der Waals surface area (Å²) in [5, 5.41) is 14.8. The maximum Gasteiger partial charge on any atom is 0.407 e. The molecule has 2 amide bonds. The summed E-state index contributed by atoms with van der Waals surface area (Å²) in [7, 11) is 0. The summed E-state index contributed by atoms with van der Waals surface area (Å²) in [6, 6.07) is 15.5. The van der Waals surface area contributed by atoms with Crippen LogP contribution in [0.1, 0.15) is 56.6 Å². The quantitative estimate of drug-likeness (QED) is 0.486. The highest BCUT2D eigenvalue weighted by Crippen LogP contribution is 2.44. The maximum absolute atomic E-state index is 12.7. The van der Waals surface area contributed by atoms with E-state index in [1.165, 1.54) is 0 Å². The van der Waals surface area contributed by atoms with Crippen LogP contribution >= 0.6 is 0 Å². The molecule has 0 radical (unpaired) electrons. The Bertz CT molecular complexity index is 1020. The van der Waals surface area contributed by atoms with E-state index in [2.05, 4.69) is 34.9 Å². The van der Waals surface area contributed by atoms with Gasteiger partial charge in [-0.05, 0) is 46.9 Å². The first kappa shape index (κ1) is 23.8. The Labute approximate surface area is 199 Å². The molecule has 7 nitrogen and oxygen atoms in total. The number of carbonyl (C=O) groups is 3. The number of ether oxygens (including phenoxy) is 1. The Morgan fingerprint density at radius 1 is 0.941 bits per heavy atom. The number of fused-ring (bicyclic) bond motifs is 3. The molecule has 2 aliphatic rings. The number of carboxylic acid groups (broad SMARTS) is 1. The summed E-state index contributed by atoms with van der Waals surface area (Å²) in [5.41, 5.74) is 4.60. The highest BCUT2D eigenvalue weighted by molar-refractivity contribution is 5.80. The predicted octanol–water partition coefficient (Wildman–Crippen LogP) is 4.31. The summed E-state index contributed by atoms with van der Waals surface area (Å²) >= 11 is 0. The number of amides is 2. The van der Waals surface area contributed by atoms with Gasteiger partial charge in [0.2, 0.25) is 5.91 Å². The van der Waals surface area contributed by atoms with Gasteiger partial charge in [-0.3, -0.25) is 9.59 Å². The number of rotatable bonds is 10.